The summed E-state index contributed by atoms with van der Waals surface area (Å²) in [6, 6.07) is 9.95. The molecule has 1 saturated carbocycles. The van der Waals surface area contributed by atoms with Gasteiger partial charge in [0, 0.05) is 18.0 Å². The van der Waals surface area contributed by atoms with Gasteiger partial charge < -0.3 is 11.1 Å². The number of amides is 1. The molecule has 1 aliphatic carbocycles. The molecule has 1 fully saturated rings. The highest BCUT2D eigenvalue weighted by molar-refractivity contribution is 5.92. The average Bonchev–Trinajstić information content (AvgIpc) is 2.95. The lowest BCUT2D eigenvalue weighted by Gasteiger charge is -2.25. The summed E-state index contributed by atoms with van der Waals surface area (Å²) in [4.78, 5) is 12.5. The molecule has 1 heterocycles. The minimum atomic E-state index is 0.00368. The van der Waals surface area contributed by atoms with Crippen LogP contribution in [0, 0.1) is 12.8 Å². The van der Waals surface area contributed by atoms with Crippen molar-refractivity contribution in [3.8, 4) is 5.69 Å². The van der Waals surface area contributed by atoms with Gasteiger partial charge in [0.1, 0.15) is 5.82 Å². The van der Waals surface area contributed by atoms with Crippen LogP contribution in [0.25, 0.3) is 5.69 Å². The Hall–Kier alpha value is -2.14. The van der Waals surface area contributed by atoms with Gasteiger partial charge in [0.15, 0.2) is 0 Å². The van der Waals surface area contributed by atoms with Gasteiger partial charge in [0.05, 0.1) is 11.9 Å². The standard InChI is InChI=1S/C17H22N4O/c1-12-5-2-3-8-15(12)21-16(9-10-19-21)20-17(22)13-6-4-7-14(18)11-13/h2-3,5,8-10,13-14H,4,6-7,11,18H2,1H3,(H,20,22). The van der Waals surface area contributed by atoms with Gasteiger partial charge in [-0.15, -0.1) is 0 Å². The van der Waals surface area contributed by atoms with E-state index in [1.54, 1.807) is 10.9 Å². The van der Waals surface area contributed by atoms with E-state index in [9.17, 15) is 4.79 Å². The van der Waals surface area contributed by atoms with E-state index in [0.717, 1.165) is 36.9 Å². The lowest BCUT2D eigenvalue weighted by Crippen LogP contribution is -2.34. The van der Waals surface area contributed by atoms with Gasteiger partial charge in [-0.1, -0.05) is 24.6 Å². The van der Waals surface area contributed by atoms with E-state index in [1.807, 2.05) is 37.3 Å². The number of anilines is 1. The Balaban J connectivity index is 1.78. The SMILES string of the molecule is Cc1ccccc1-n1nccc1NC(=O)C1CCCC(N)C1. The summed E-state index contributed by atoms with van der Waals surface area (Å²) in [7, 11) is 0. The molecule has 3 N–H and O–H groups in total. The summed E-state index contributed by atoms with van der Waals surface area (Å²) < 4.78 is 1.77. The maximum absolute atomic E-state index is 12.5. The van der Waals surface area contributed by atoms with Crippen LogP contribution in [0.4, 0.5) is 5.82 Å². The lowest BCUT2D eigenvalue weighted by atomic mass is 9.85. The topological polar surface area (TPSA) is 72.9 Å². The summed E-state index contributed by atoms with van der Waals surface area (Å²) in [5.41, 5.74) is 8.07. The van der Waals surface area contributed by atoms with E-state index < -0.39 is 0 Å². The summed E-state index contributed by atoms with van der Waals surface area (Å²) >= 11 is 0. The molecule has 2 aromatic rings. The van der Waals surface area contributed by atoms with Crippen molar-refractivity contribution in [2.45, 2.75) is 38.6 Å². The van der Waals surface area contributed by atoms with Gasteiger partial charge in [-0.2, -0.15) is 5.10 Å². The number of rotatable bonds is 3. The van der Waals surface area contributed by atoms with Gasteiger partial charge in [-0.25, -0.2) is 4.68 Å². The van der Waals surface area contributed by atoms with Crippen molar-refractivity contribution in [2.75, 3.05) is 5.32 Å². The van der Waals surface area contributed by atoms with Crippen molar-refractivity contribution in [1.82, 2.24) is 9.78 Å². The van der Waals surface area contributed by atoms with Crippen LogP contribution in [0.1, 0.15) is 31.2 Å². The number of benzene rings is 1. The third kappa shape index (κ3) is 3.04. The second-order valence-electron chi connectivity index (χ2n) is 6.03. The fourth-order valence-electron chi connectivity index (χ4n) is 3.09. The number of carbonyl (C=O) groups excluding carboxylic acids is 1. The largest absolute Gasteiger partial charge is 0.328 e. The summed E-state index contributed by atoms with van der Waals surface area (Å²) in [6.45, 7) is 2.03. The number of nitrogens with two attached hydrogens (primary N) is 1. The molecule has 0 aliphatic heterocycles. The van der Waals surface area contributed by atoms with E-state index in [1.165, 1.54) is 0 Å². The van der Waals surface area contributed by atoms with Crippen LogP contribution < -0.4 is 11.1 Å². The molecule has 1 aliphatic rings. The first-order valence-electron chi connectivity index (χ1n) is 7.81. The number of para-hydroxylation sites is 1. The highest BCUT2D eigenvalue weighted by atomic mass is 16.2. The number of hydrogen-bond acceptors (Lipinski definition) is 3. The molecule has 1 amide bonds. The van der Waals surface area contributed by atoms with Crippen LogP contribution >= 0.6 is 0 Å². The number of aromatic nitrogens is 2. The number of carbonyl (C=O) groups is 1. The predicted molar refractivity (Wildman–Crippen MR) is 86.9 cm³/mol. The summed E-state index contributed by atoms with van der Waals surface area (Å²) in [5, 5.41) is 7.35. The van der Waals surface area contributed by atoms with Crippen LogP contribution in [0.3, 0.4) is 0 Å². The van der Waals surface area contributed by atoms with Crippen molar-refractivity contribution >= 4 is 11.7 Å². The zero-order chi connectivity index (χ0) is 15.5. The molecule has 0 spiro atoms. The van der Waals surface area contributed by atoms with Crippen molar-refractivity contribution in [3.63, 3.8) is 0 Å². The highest BCUT2D eigenvalue weighted by Gasteiger charge is 2.26. The Bertz CT molecular complexity index is 664. The molecule has 1 aromatic carbocycles. The number of hydrogen-bond donors (Lipinski definition) is 2. The van der Waals surface area contributed by atoms with E-state index in [4.69, 9.17) is 5.73 Å². The van der Waals surface area contributed by atoms with Gasteiger partial charge in [-0.3, -0.25) is 4.79 Å². The van der Waals surface area contributed by atoms with Crippen LogP contribution in [0.2, 0.25) is 0 Å². The molecule has 22 heavy (non-hydrogen) atoms. The molecule has 2 atom stereocenters. The molecule has 1 aromatic heterocycles. The Morgan fingerprint density at radius 3 is 2.91 bits per heavy atom. The lowest BCUT2D eigenvalue weighted by molar-refractivity contribution is -0.120. The molecule has 0 radical (unpaired) electrons. The molecule has 5 heteroatoms. The molecular weight excluding hydrogens is 276 g/mol. The molecule has 0 bridgehead atoms. The second kappa shape index (κ2) is 6.32. The maximum Gasteiger partial charge on any atom is 0.228 e. The van der Waals surface area contributed by atoms with E-state index in [-0.39, 0.29) is 17.9 Å². The van der Waals surface area contributed by atoms with Crippen LogP contribution in [-0.4, -0.2) is 21.7 Å². The highest BCUT2D eigenvalue weighted by Crippen LogP contribution is 2.25. The fraction of sp³-hybridized carbons (Fsp3) is 0.412. The van der Waals surface area contributed by atoms with Gasteiger partial charge in [0.25, 0.3) is 0 Å². The molecular formula is C17H22N4O. The van der Waals surface area contributed by atoms with Crippen molar-refractivity contribution in [3.05, 3.63) is 42.1 Å². The van der Waals surface area contributed by atoms with Crippen LogP contribution in [0.5, 0.6) is 0 Å². The number of aryl methyl sites for hydroxylation is 1. The molecule has 2 unspecified atom stereocenters. The fourth-order valence-corrected chi connectivity index (χ4v) is 3.09. The van der Waals surface area contributed by atoms with Gasteiger partial charge in [-0.05, 0) is 37.8 Å². The minimum absolute atomic E-state index is 0.00368. The zero-order valence-corrected chi connectivity index (χ0v) is 12.8. The van der Waals surface area contributed by atoms with Gasteiger partial charge in [0.2, 0.25) is 5.91 Å². The third-order valence-electron chi connectivity index (χ3n) is 4.32. The van der Waals surface area contributed by atoms with Crippen LogP contribution in [-0.2, 0) is 4.79 Å². The third-order valence-corrected chi connectivity index (χ3v) is 4.32. The monoisotopic (exact) mass is 298 g/mol. The predicted octanol–water partition coefficient (Wildman–Crippen LogP) is 2.64. The van der Waals surface area contributed by atoms with E-state index >= 15 is 0 Å². The Morgan fingerprint density at radius 2 is 2.14 bits per heavy atom. The number of nitrogens with zero attached hydrogens (tertiary/aromatic N) is 2. The average molecular weight is 298 g/mol. The first kappa shape index (κ1) is 14.8. The van der Waals surface area contributed by atoms with Crippen molar-refractivity contribution in [1.29, 1.82) is 0 Å². The molecule has 5 nitrogen and oxygen atoms in total. The molecule has 0 saturated heterocycles. The minimum Gasteiger partial charge on any atom is -0.328 e. The number of nitrogens with one attached hydrogen (secondary N) is 1. The zero-order valence-electron chi connectivity index (χ0n) is 12.8. The summed E-state index contributed by atoms with van der Waals surface area (Å²) in [6.07, 6.45) is 5.43. The van der Waals surface area contributed by atoms with Crippen molar-refractivity contribution in [2.24, 2.45) is 11.7 Å². The first-order chi connectivity index (χ1) is 10.6. The Kier molecular flexibility index (Phi) is 4.24. The van der Waals surface area contributed by atoms with Crippen LogP contribution in [0.15, 0.2) is 36.5 Å². The van der Waals surface area contributed by atoms with Crippen molar-refractivity contribution < 1.29 is 4.79 Å². The van der Waals surface area contributed by atoms with Gasteiger partial charge >= 0.3 is 0 Å². The first-order valence-corrected chi connectivity index (χ1v) is 7.81. The maximum atomic E-state index is 12.5. The smallest absolute Gasteiger partial charge is 0.228 e. The Morgan fingerprint density at radius 1 is 1.32 bits per heavy atom. The second-order valence-corrected chi connectivity index (χ2v) is 6.03. The van der Waals surface area contributed by atoms with E-state index in [0.29, 0.717) is 5.82 Å². The molecule has 3 rings (SSSR count). The Labute approximate surface area is 130 Å². The normalized spacial score (nSPS) is 21.5. The van der Waals surface area contributed by atoms with E-state index in [2.05, 4.69) is 10.4 Å². The molecule has 116 valence electrons. The quantitative estimate of drug-likeness (QED) is 0.915. The summed E-state index contributed by atoms with van der Waals surface area (Å²) in [5.74, 6) is 0.757.